The molecule has 0 saturated carbocycles. The van der Waals surface area contributed by atoms with Gasteiger partial charge < -0.3 is 9.64 Å². The lowest BCUT2D eigenvalue weighted by Crippen LogP contribution is -2.35. The number of ether oxygens (including phenoxy) is 1. The highest BCUT2D eigenvalue weighted by Crippen LogP contribution is 2.35. The Morgan fingerprint density at radius 1 is 1.12 bits per heavy atom. The van der Waals surface area contributed by atoms with Crippen molar-refractivity contribution in [2.75, 3.05) is 26.7 Å². The van der Waals surface area contributed by atoms with Gasteiger partial charge in [-0.05, 0) is 52.8 Å². The van der Waals surface area contributed by atoms with E-state index in [4.69, 9.17) is 4.74 Å². The fraction of sp³-hybridized carbons (Fsp3) is 0.346. The maximum Gasteiger partial charge on any atom is 0.219 e. The van der Waals surface area contributed by atoms with Gasteiger partial charge in [0.2, 0.25) is 5.91 Å². The van der Waals surface area contributed by atoms with Gasteiger partial charge in [0.05, 0.1) is 7.11 Å². The number of carbonyl (C=O) groups excluding carboxylic acids is 1. The highest BCUT2D eigenvalue weighted by Gasteiger charge is 2.35. The van der Waals surface area contributed by atoms with Crippen molar-refractivity contribution >= 4 is 17.2 Å². The van der Waals surface area contributed by atoms with Gasteiger partial charge in [-0.25, -0.2) is 4.39 Å². The standard InChI is InChI=1S/C26H29FN2O2S/c1-19(30)29(14-20-5-9-23(27)10-6-20)16-22-15-28(17-25-4-3-13-32-25)18-26(22)21-7-11-24(31-2)12-8-21/h3-13,22,26H,14-18H2,1-2H3/t22-,26+/m0/s1. The number of halogens is 1. The van der Waals surface area contributed by atoms with E-state index in [1.54, 1.807) is 37.5 Å². The van der Waals surface area contributed by atoms with E-state index in [0.29, 0.717) is 24.9 Å². The molecule has 1 aliphatic rings. The van der Waals surface area contributed by atoms with E-state index in [9.17, 15) is 9.18 Å². The Hall–Kier alpha value is -2.70. The van der Waals surface area contributed by atoms with Crippen LogP contribution < -0.4 is 4.74 Å². The van der Waals surface area contributed by atoms with Crippen molar-refractivity contribution < 1.29 is 13.9 Å². The predicted octanol–water partition coefficient (Wildman–Crippen LogP) is 5.16. The molecular weight excluding hydrogens is 423 g/mol. The summed E-state index contributed by atoms with van der Waals surface area (Å²) in [6, 6.07) is 19.0. The molecule has 2 atom stereocenters. The lowest BCUT2D eigenvalue weighted by Gasteiger charge is -2.28. The number of methoxy groups -OCH3 is 1. The molecule has 1 amide bonds. The fourth-order valence-electron chi connectivity index (χ4n) is 4.52. The van der Waals surface area contributed by atoms with E-state index in [-0.39, 0.29) is 11.7 Å². The Kier molecular flexibility index (Phi) is 7.22. The average Bonchev–Trinajstić information content (AvgIpc) is 3.45. The van der Waals surface area contributed by atoms with Crippen molar-refractivity contribution in [3.05, 3.63) is 87.9 Å². The molecule has 1 aliphatic heterocycles. The van der Waals surface area contributed by atoms with Crippen molar-refractivity contribution in [3.8, 4) is 5.75 Å². The first-order chi connectivity index (χ1) is 15.5. The quantitative estimate of drug-likeness (QED) is 0.473. The smallest absolute Gasteiger partial charge is 0.219 e. The minimum Gasteiger partial charge on any atom is -0.497 e. The molecule has 0 bridgehead atoms. The molecule has 1 fully saturated rings. The molecule has 0 spiro atoms. The fourth-order valence-corrected chi connectivity index (χ4v) is 5.27. The Morgan fingerprint density at radius 3 is 2.50 bits per heavy atom. The van der Waals surface area contributed by atoms with Crippen LogP contribution in [0.3, 0.4) is 0 Å². The molecule has 4 nitrogen and oxygen atoms in total. The first-order valence-electron chi connectivity index (χ1n) is 10.9. The van der Waals surface area contributed by atoms with Gasteiger partial charge in [-0.2, -0.15) is 0 Å². The summed E-state index contributed by atoms with van der Waals surface area (Å²) in [5.74, 6) is 1.27. The van der Waals surface area contributed by atoms with Crippen molar-refractivity contribution in [1.29, 1.82) is 0 Å². The molecule has 0 radical (unpaired) electrons. The number of nitrogens with zero attached hydrogens (tertiary/aromatic N) is 2. The minimum atomic E-state index is -0.261. The van der Waals surface area contributed by atoms with Crippen LogP contribution in [0.5, 0.6) is 5.75 Å². The summed E-state index contributed by atoms with van der Waals surface area (Å²) in [6.07, 6.45) is 0. The Bertz CT molecular complexity index is 1010. The molecule has 168 valence electrons. The van der Waals surface area contributed by atoms with Crippen LogP contribution >= 0.6 is 11.3 Å². The summed E-state index contributed by atoms with van der Waals surface area (Å²) < 4.78 is 18.6. The number of hydrogen-bond donors (Lipinski definition) is 0. The second-order valence-corrected chi connectivity index (χ2v) is 9.47. The van der Waals surface area contributed by atoms with Gasteiger partial charge in [0.25, 0.3) is 0 Å². The van der Waals surface area contributed by atoms with Gasteiger partial charge in [0.15, 0.2) is 0 Å². The van der Waals surface area contributed by atoms with Crippen LogP contribution in [0.2, 0.25) is 0 Å². The van der Waals surface area contributed by atoms with Crippen molar-refractivity contribution in [2.24, 2.45) is 5.92 Å². The zero-order valence-corrected chi connectivity index (χ0v) is 19.4. The monoisotopic (exact) mass is 452 g/mol. The third-order valence-electron chi connectivity index (χ3n) is 6.21. The Labute approximate surface area is 193 Å². The second kappa shape index (κ2) is 10.3. The highest BCUT2D eigenvalue weighted by molar-refractivity contribution is 7.09. The molecule has 0 aliphatic carbocycles. The molecule has 1 saturated heterocycles. The van der Waals surface area contributed by atoms with Gasteiger partial charge in [-0.15, -0.1) is 11.3 Å². The van der Waals surface area contributed by atoms with Crippen LogP contribution in [0, 0.1) is 11.7 Å². The zero-order chi connectivity index (χ0) is 22.5. The first-order valence-corrected chi connectivity index (χ1v) is 11.8. The first kappa shape index (κ1) is 22.5. The van der Waals surface area contributed by atoms with E-state index < -0.39 is 0 Å². The van der Waals surface area contributed by atoms with E-state index in [1.807, 2.05) is 17.0 Å². The predicted molar refractivity (Wildman–Crippen MR) is 126 cm³/mol. The maximum atomic E-state index is 13.3. The summed E-state index contributed by atoms with van der Waals surface area (Å²) in [5.41, 5.74) is 2.21. The summed E-state index contributed by atoms with van der Waals surface area (Å²) in [7, 11) is 1.68. The van der Waals surface area contributed by atoms with Crippen LogP contribution in [0.4, 0.5) is 4.39 Å². The molecular formula is C26H29FN2O2S. The number of benzene rings is 2. The molecule has 1 aromatic heterocycles. The van der Waals surface area contributed by atoms with Gasteiger partial charge in [-0.1, -0.05) is 30.3 Å². The Balaban J connectivity index is 1.53. The van der Waals surface area contributed by atoms with Gasteiger partial charge >= 0.3 is 0 Å². The second-order valence-electron chi connectivity index (χ2n) is 8.44. The average molecular weight is 453 g/mol. The molecule has 2 aromatic carbocycles. The normalized spacial score (nSPS) is 18.6. The van der Waals surface area contributed by atoms with Crippen LogP contribution in [0.25, 0.3) is 0 Å². The Morgan fingerprint density at radius 2 is 1.88 bits per heavy atom. The number of rotatable bonds is 8. The minimum absolute atomic E-state index is 0.0412. The number of amides is 1. The van der Waals surface area contributed by atoms with Crippen LogP contribution in [0.1, 0.15) is 28.8 Å². The van der Waals surface area contributed by atoms with E-state index in [2.05, 4.69) is 34.5 Å². The van der Waals surface area contributed by atoms with Crippen LogP contribution in [-0.2, 0) is 17.9 Å². The largest absolute Gasteiger partial charge is 0.497 e. The van der Waals surface area contributed by atoms with Crippen molar-refractivity contribution in [1.82, 2.24) is 9.80 Å². The van der Waals surface area contributed by atoms with Crippen molar-refractivity contribution in [3.63, 3.8) is 0 Å². The summed E-state index contributed by atoms with van der Waals surface area (Å²) in [4.78, 5) is 18.2. The molecule has 6 heteroatoms. The van der Waals surface area contributed by atoms with Gasteiger partial charge in [0.1, 0.15) is 11.6 Å². The van der Waals surface area contributed by atoms with Crippen LogP contribution in [0.15, 0.2) is 66.0 Å². The molecule has 0 N–H and O–H groups in total. The lowest BCUT2D eigenvalue weighted by molar-refractivity contribution is -0.130. The van der Waals surface area contributed by atoms with Gasteiger partial charge in [-0.3, -0.25) is 9.69 Å². The third kappa shape index (κ3) is 5.56. The third-order valence-corrected chi connectivity index (χ3v) is 7.07. The lowest BCUT2D eigenvalue weighted by atomic mass is 9.88. The molecule has 32 heavy (non-hydrogen) atoms. The van der Waals surface area contributed by atoms with Crippen molar-refractivity contribution in [2.45, 2.75) is 25.9 Å². The summed E-state index contributed by atoms with van der Waals surface area (Å²) >= 11 is 1.78. The van der Waals surface area contributed by atoms with E-state index >= 15 is 0 Å². The molecule has 4 rings (SSSR count). The van der Waals surface area contributed by atoms with Gasteiger partial charge in [0, 0.05) is 50.4 Å². The van der Waals surface area contributed by atoms with E-state index in [0.717, 1.165) is 30.9 Å². The van der Waals surface area contributed by atoms with Crippen LogP contribution in [-0.4, -0.2) is 42.5 Å². The number of hydrogen-bond acceptors (Lipinski definition) is 4. The van der Waals surface area contributed by atoms with E-state index in [1.165, 1.54) is 22.6 Å². The number of thiophene rings is 1. The molecule has 0 unspecified atom stereocenters. The number of likely N-dealkylation sites (tertiary alicyclic amines) is 1. The highest BCUT2D eigenvalue weighted by atomic mass is 32.1. The SMILES string of the molecule is COc1ccc([C@H]2CN(Cc3cccs3)C[C@H]2CN(Cc2ccc(F)cc2)C(C)=O)cc1. The maximum absolute atomic E-state index is 13.3. The molecule has 2 heterocycles. The molecule has 3 aromatic rings. The zero-order valence-electron chi connectivity index (χ0n) is 18.5. The number of carbonyl (C=O) groups is 1. The topological polar surface area (TPSA) is 32.8 Å². The summed E-state index contributed by atoms with van der Waals surface area (Å²) in [5, 5.41) is 2.12. The summed E-state index contributed by atoms with van der Waals surface area (Å²) in [6.45, 7) is 5.60.